The molecule has 1 N–H and O–H groups in total. The van der Waals surface area contributed by atoms with Crippen molar-refractivity contribution in [3.05, 3.63) is 0 Å². The number of rotatable bonds is 1. The van der Waals surface area contributed by atoms with Crippen molar-refractivity contribution < 1.29 is 24.2 Å². The molecule has 0 radical (unpaired) electrons. The van der Waals surface area contributed by atoms with Crippen molar-refractivity contribution in [3.8, 4) is 0 Å². The molecule has 1 amide bonds. The minimum Gasteiger partial charge on any atom is -0.479 e. The van der Waals surface area contributed by atoms with E-state index in [0.29, 0.717) is 0 Å². The largest absolute Gasteiger partial charge is 0.479 e. The van der Waals surface area contributed by atoms with Gasteiger partial charge in [0.1, 0.15) is 6.23 Å². The molecule has 0 saturated carbocycles. The summed E-state index contributed by atoms with van der Waals surface area (Å²) in [6.45, 7) is 7.04. The van der Waals surface area contributed by atoms with Crippen molar-refractivity contribution in [2.45, 2.75) is 39.5 Å². The van der Waals surface area contributed by atoms with Gasteiger partial charge in [-0.2, -0.15) is 0 Å². The van der Waals surface area contributed by atoms with Gasteiger partial charge in [-0.25, -0.2) is 9.59 Å². The van der Waals surface area contributed by atoms with Gasteiger partial charge >= 0.3 is 12.1 Å². The molecular formula is C11H19NO5. The third kappa shape index (κ3) is 2.22. The second-order valence-electron chi connectivity index (χ2n) is 5.45. The van der Waals surface area contributed by atoms with Crippen LogP contribution in [0.1, 0.15) is 27.7 Å². The molecule has 1 heterocycles. The summed E-state index contributed by atoms with van der Waals surface area (Å²) in [6, 6.07) is 0. The lowest BCUT2D eigenvalue weighted by Gasteiger charge is -2.37. The molecule has 0 bridgehead atoms. The summed E-state index contributed by atoms with van der Waals surface area (Å²) in [5.41, 5.74) is -1.77. The van der Waals surface area contributed by atoms with Gasteiger partial charge in [-0.05, 0) is 6.92 Å². The van der Waals surface area contributed by atoms with Crippen molar-refractivity contribution in [1.82, 2.24) is 4.90 Å². The number of carbonyl (C=O) groups is 2. The summed E-state index contributed by atoms with van der Waals surface area (Å²) < 4.78 is 10.1. The lowest BCUT2D eigenvalue weighted by atomic mass is 9.92. The van der Waals surface area contributed by atoms with Gasteiger partial charge in [-0.1, -0.05) is 20.8 Å². The maximum Gasteiger partial charge on any atom is 0.412 e. The summed E-state index contributed by atoms with van der Waals surface area (Å²) in [7, 11) is 1.22. The summed E-state index contributed by atoms with van der Waals surface area (Å²) in [6.07, 6.45) is -1.30. The Morgan fingerprint density at radius 2 is 2.00 bits per heavy atom. The van der Waals surface area contributed by atoms with Gasteiger partial charge in [0.25, 0.3) is 0 Å². The van der Waals surface area contributed by atoms with Crippen molar-refractivity contribution in [1.29, 1.82) is 0 Å². The first kappa shape index (κ1) is 13.8. The zero-order valence-corrected chi connectivity index (χ0v) is 10.8. The Hall–Kier alpha value is -1.30. The van der Waals surface area contributed by atoms with Crippen LogP contribution >= 0.6 is 0 Å². The molecular weight excluding hydrogens is 226 g/mol. The van der Waals surface area contributed by atoms with Gasteiger partial charge in [0.05, 0.1) is 13.7 Å². The van der Waals surface area contributed by atoms with E-state index in [2.05, 4.69) is 4.74 Å². The van der Waals surface area contributed by atoms with Crippen LogP contribution in [0.3, 0.4) is 0 Å². The highest BCUT2D eigenvalue weighted by molar-refractivity contribution is 5.85. The van der Waals surface area contributed by atoms with Gasteiger partial charge in [0.15, 0.2) is 5.54 Å². The first-order chi connectivity index (χ1) is 7.64. The van der Waals surface area contributed by atoms with Crippen LogP contribution in [0, 0.1) is 5.41 Å². The molecule has 1 aliphatic rings. The highest BCUT2D eigenvalue weighted by atomic mass is 16.6. The summed E-state index contributed by atoms with van der Waals surface area (Å²) in [5.74, 6) is -1.10. The van der Waals surface area contributed by atoms with Crippen LogP contribution in [-0.4, -0.2) is 47.6 Å². The van der Waals surface area contributed by atoms with Gasteiger partial charge in [-0.15, -0.1) is 0 Å². The van der Waals surface area contributed by atoms with Crippen LogP contribution in [0.25, 0.3) is 0 Å². The van der Waals surface area contributed by atoms with Gasteiger partial charge < -0.3 is 14.6 Å². The van der Waals surface area contributed by atoms with Crippen LogP contribution in [-0.2, 0) is 14.3 Å². The predicted octanol–water partition coefficient (Wildman–Crippen LogP) is 1.30. The Morgan fingerprint density at radius 1 is 1.47 bits per heavy atom. The fraction of sp³-hybridized carbons (Fsp3) is 0.818. The van der Waals surface area contributed by atoms with Crippen LogP contribution in [0.4, 0.5) is 4.79 Å². The number of methoxy groups -OCH3 is 1. The van der Waals surface area contributed by atoms with Crippen molar-refractivity contribution >= 4 is 12.1 Å². The Bertz CT molecular complexity index is 335. The quantitative estimate of drug-likeness (QED) is 0.753. The van der Waals surface area contributed by atoms with E-state index in [4.69, 9.17) is 4.74 Å². The van der Waals surface area contributed by atoms with Crippen LogP contribution in [0.15, 0.2) is 0 Å². The Morgan fingerprint density at radius 3 is 2.35 bits per heavy atom. The Kier molecular flexibility index (Phi) is 3.38. The number of carboxylic acids is 1. The van der Waals surface area contributed by atoms with E-state index in [1.807, 2.05) is 20.8 Å². The second-order valence-corrected chi connectivity index (χ2v) is 5.45. The zero-order chi connectivity index (χ0) is 13.4. The molecule has 6 heteroatoms. The fourth-order valence-corrected chi connectivity index (χ4v) is 1.84. The third-order valence-electron chi connectivity index (χ3n) is 2.86. The first-order valence-corrected chi connectivity index (χ1v) is 5.37. The molecule has 98 valence electrons. The van der Waals surface area contributed by atoms with Gasteiger partial charge in [0, 0.05) is 5.41 Å². The molecule has 1 saturated heterocycles. The molecule has 0 aliphatic carbocycles. The second kappa shape index (κ2) is 4.18. The molecule has 17 heavy (non-hydrogen) atoms. The highest BCUT2D eigenvalue weighted by Crippen LogP contribution is 2.37. The molecule has 0 aromatic carbocycles. The van der Waals surface area contributed by atoms with E-state index in [1.165, 1.54) is 14.0 Å². The van der Waals surface area contributed by atoms with Crippen molar-refractivity contribution in [2.75, 3.05) is 13.7 Å². The lowest BCUT2D eigenvalue weighted by Crippen LogP contribution is -2.57. The van der Waals surface area contributed by atoms with E-state index in [0.717, 1.165) is 4.90 Å². The molecule has 0 aromatic rings. The number of nitrogens with zero attached hydrogens (tertiary/aromatic N) is 1. The summed E-state index contributed by atoms with van der Waals surface area (Å²) in [5, 5.41) is 9.24. The number of carboxylic acid groups (broad SMARTS) is 1. The molecule has 1 rings (SSSR count). The molecule has 0 spiro atoms. The smallest absolute Gasteiger partial charge is 0.412 e. The molecule has 1 fully saturated rings. The van der Waals surface area contributed by atoms with E-state index >= 15 is 0 Å². The molecule has 2 unspecified atom stereocenters. The number of ether oxygens (including phenoxy) is 2. The molecule has 2 atom stereocenters. The van der Waals surface area contributed by atoms with Crippen molar-refractivity contribution in [3.63, 3.8) is 0 Å². The van der Waals surface area contributed by atoms with E-state index in [1.54, 1.807) is 0 Å². The topological polar surface area (TPSA) is 76.1 Å². The maximum atomic E-state index is 11.8. The monoisotopic (exact) mass is 245 g/mol. The van der Waals surface area contributed by atoms with Crippen LogP contribution < -0.4 is 0 Å². The minimum absolute atomic E-state index is 0.0423. The van der Waals surface area contributed by atoms with Gasteiger partial charge in [0.2, 0.25) is 0 Å². The number of aliphatic carboxylic acids is 1. The van der Waals surface area contributed by atoms with Crippen molar-refractivity contribution in [2.24, 2.45) is 5.41 Å². The number of hydrogen-bond acceptors (Lipinski definition) is 4. The SMILES string of the molecule is COC(=O)N1C(C(C)(C)C)OCC1(C)C(=O)O. The zero-order valence-electron chi connectivity index (χ0n) is 10.8. The average Bonchev–Trinajstić information content (AvgIpc) is 2.56. The standard InChI is InChI=1S/C11H19NO5/c1-10(2,3)7-12(9(15)16-5)11(4,6-17-7)8(13)14/h7H,6H2,1-5H3,(H,13,14). The van der Waals surface area contributed by atoms with E-state index in [9.17, 15) is 14.7 Å². The predicted molar refractivity (Wildman–Crippen MR) is 59.5 cm³/mol. The third-order valence-corrected chi connectivity index (χ3v) is 2.86. The van der Waals surface area contributed by atoms with E-state index < -0.39 is 23.8 Å². The Balaban J connectivity index is 3.15. The lowest BCUT2D eigenvalue weighted by molar-refractivity contribution is -0.148. The molecule has 6 nitrogen and oxygen atoms in total. The van der Waals surface area contributed by atoms with Gasteiger partial charge in [-0.3, -0.25) is 4.90 Å². The molecule has 1 aliphatic heterocycles. The van der Waals surface area contributed by atoms with Crippen LogP contribution in [0.5, 0.6) is 0 Å². The maximum absolute atomic E-state index is 11.8. The first-order valence-electron chi connectivity index (χ1n) is 5.37. The highest BCUT2D eigenvalue weighted by Gasteiger charge is 2.55. The minimum atomic E-state index is -1.38. The normalized spacial score (nSPS) is 29.2. The molecule has 0 aromatic heterocycles. The summed E-state index contributed by atoms with van der Waals surface area (Å²) >= 11 is 0. The average molecular weight is 245 g/mol. The number of hydrogen-bond donors (Lipinski definition) is 1. The van der Waals surface area contributed by atoms with Crippen LogP contribution in [0.2, 0.25) is 0 Å². The Labute approximate surface area is 100 Å². The number of carbonyl (C=O) groups excluding carboxylic acids is 1. The summed E-state index contributed by atoms with van der Waals surface area (Å²) in [4.78, 5) is 24.2. The number of amides is 1. The van der Waals surface area contributed by atoms with E-state index in [-0.39, 0.29) is 12.0 Å². The fourth-order valence-electron chi connectivity index (χ4n) is 1.84.